The standard InChI is InChI=1S/C21H27FN4O2.HI/c1-23-21(24-13-15-5-4-6-16(22)9-15)25-17-7-8-26(14-17)18-10-19(27-2)12-20(11-18)28-3;/h4-6,9-12,17H,7-8,13-14H2,1-3H3,(H2,23,24,25);1H. The average molecular weight is 514 g/mol. The van der Waals surface area contributed by atoms with Gasteiger partial charge in [-0.15, -0.1) is 24.0 Å². The molecule has 6 nitrogen and oxygen atoms in total. The zero-order chi connectivity index (χ0) is 19.9. The van der Waals surface area contributed by atoms with E-state index in [1.54, 1.807) is 27.3 Å². The highest BCUT2D eigenvalue weighted by atomic mass is 127. The molecule has 2 N–H and O–H groups in total. The highest BCUT2D eigenvalue weighted by molar-refractivity contribution is 14.0. The Bertz CT molecular complexity index is 812. The molecule has 1 fully saturated rings. The van der Waals surface area contributed by atoms with Crippen LogP contribution in [-0.2, 0) is 6.54 Å². The molecule has 2 aromatic carbocycles. The van der Waals surface area contributed by atoms with Crippen LogP contribution in [0.5, 0.6) is 11.5 Å². The van der Waals surface area contributed by atoms with E-state index in [-0.39, 0.29) is 35.8 Å². The third-order valence-electron chi connectivity index (χ3n) is 4.80. The normalized spacial score (nSPS) is 16.2. The van der Waals surface area contributed by atoms with Crippen LogP contribution in [-0.4, -0.2) is 46.4 Å². The topological polar surface area (TPSA) is 58.1 Å². The molecule has 1 atom stereocenters. The van der Waals surface area contributed by atoms with Crippen molar-refractivity contribution in [1.29, 1.82) is 0 Å². The van der Waals surface area contributed by atoms with Crippen molar-refractivity contribution in [2.75, 3.05) is 39.3 Å². The summed E-state index contributed by atoms with van der Waals surface area (Å²) in [5.74, 6) is 2.03. The maximum Gasteiger partial charge on any atom is 0.191 e. The average Bonchev–Trinajstić information content (AvgIpc) is 3.19. The number of ether oxygens (including phenoxy) is 2. The van der Waals surface area contributed by atoms with Gasteiger partial charge in [-0.05, 0) is 24.1 Å². The predicted molar refractivity (Wildman–Crippen MR) is 125 cm³/mol. The first-order valence-corrected chi connectivity index (χ1v) is 9.31. The van der Waals surface area contributed by atoms with Gasteiger partial charge in [0, 0.05) is 56.6 Å². The van der Waals surface area contributed by atoms with E-state index in [0.29, 0.717) is 12.5 Å². The molecule has 1 saturated heterocycles. The quantitative estimate of drug-likeness (QED) is 0.352. The van der Waals surface area contributed by atoms with E-state index in [0.717, 1.165) is 42.3 Å². The van der Waals surface area contributed by atoms with Crippen molar-refractivity contribution in [1.82, 2.24) is 10.6 Å². The van der Waals surface area contributed by atoms with Crippen LogP contribution in [0.15, 0.2) is 47.5 Å². The van der Waals surface area contributed by atoms with Gasteiger partial charge in [0.05, 0.1) is 14.2 Å². The number of benzene rings is 2. The number of methoxy groups -OCH3 is 2. The van der Waals surface area contributed by atoms with Crippen molar-refractivity contribution in [2.24, 2.45) is 4.99 Å². The lowest BCUT2D eigenvalue weighted by atomic mass is 10.2. The summed E-state index contributed by atoms with van der Waals surface area (Å²) in [5, 5.41) is 6.69. The number of hydrogen-bond acceptors (Lipinski definition) is 4. The third-order valence-corrected chi connectivity index (χ3v) is 4.80. The Morgan fingerprint density at radius 2 is 1.90 bits per heavy atom. The molecule has 0 aliphatic carbocycles. The van der Waals surface area contributed by atoms with Gasteiger partial charge in [-0.1, -0.05) is 12.1 Å². The molecular weight excluding hydrogens is 486 g/mol. The number of nitrogens with one attached hydrogen (secondary N) is 2. The fourth-order valence-electron chi connectivity index (χ4n) is 3.31. The van der Waals surface area contributed by atoms with E-state index >= 15 is 0 Å². The second kappa shape index (κ2) is 11.1. The van der Waals surface area contributed by atoms with Gasteiger partial charge in [0.2, 0.25) is 0 Å². The van der Waals surface area contributed by atoms with E-state index < -0.39 is 0 Å². The second-order valence-corrected chi connectivity index (χ2v) is 6.70. The maximum absolute atomic E-state index is 13.3. The first-order chi connectivity index (χ1) is 13.6. The summed E-state index contributed by atoms with van der Waals surface area (Å²) in [6, 6.07) is 12.7. The predicted octanol–water partition coefficient (Wildman–Crippen LogP) is 3.40. The molecule has 1 aliphatic heterocycles. The minimum absolute atomic E-state index is 0. The Morgan fingerprint density at radius 1 is 1.17 bits per heavy atom. The van der Waals surface area contributed by atoms with Crippen LogP contribution in [0.25, 0.3) is 0 Å². The van der Waals surface area contributed by atoms with Crippen molar-refractivity contribution in [3.8, 4) is 11.5 Å². The summed E-state index contributed by atoms with van der Waals surface area (Å²) in [6.07, 6.45) is 0.986. The van der Waals surface area contributed by atoms with Gasteiger partial charge in [0.1, 0.15) is 17.3 Å². The minimum Gasteiger partial charge on any atom is -0.497 e. The number of guanidine groups is 1. The van der Waals surface area contributed by atoms with Gasteiger partial charge in [-0.2, -0.15) is 0 Å². The second-order valence-electron chi connectivity index (χ2n) is 6.70. The van der Waals surface area contributed by atoms with Gasteiger partial charge in [-0.25, -0.2) is 4.39 Å². The van der Waals surface area contributed by atoms with Crippen LogP contribution in [0.4, 0.5) is 10.1 Å². The molecular formula is C21H28FIN4O2. The maximum atomic E-state index is 13.3. The molecule has 158 valence electrons. The van der Waals surface area contributed by atoms with E-state index in [9.17, 15) is 4.39 Å². The van der Waals surface area contributed by atoms with Crippen LogP contribution >= 0.6 is 24.0 Å². The van der Waals surface area contributed by atoms with Gasteiger partial charge < -0.3 is 25.0 Å². The molecule has 3 rings (SSSR count). The van der Waals surface area contributed by atoms with E-state index in [1.165, 1.54) is 12.1 Å². The zero-order valence-electron chi connectivity index (χ0n) is 16.9. The van der Waals surface area contributed by atoms with Crippen molar-refractivity contribution in [3.05, 3.63) is 53.8 Å². The lowest BCUT2D eigenvalue weighted by Crippen LogP contribution is -2.44. The fourth-order valence-corrected chi connectivity index (χ4v) is 3.31. The molecule has 1 unspecified atom stereocenters. The summed E-state index contributed by atoms with van der Waals surface area (Å²) >= 11 is 0. The smallest absolute Gasteiger partial charge is 0.191 e. The Kier molecular flexibility index (Phi) is 8.81. The first-order valence-electron chi connectivity index (χ1n) is 9.31. The summed E-state index contributed by atoms with van der Waals surface area (Å²) in [4.78, 5) is 6.58. The largest absolute Gasteiger partial charge is 0.497 e. The van der Waals surface area contributed by atoms with Crippen molar-refractivity contribution >= 4 is 35.6 Å². The summed E-state index contributed by atoms with van der Waals surface area (Å²) in [5.41, 5.74) is 1.95. The fraction of sp³-hybridized carbons (Fsp3) is 0.381. The third kappa shape index (κ3) is 6.38. The van der Waals surface area contributed by atoms with Gasteiger partial charge in [0.25, 0.3) is 0 Å². The molecule has 0 radical (unpaired) electrons. The van der Waals surface area contributed by atoms with Crippen LogP contribution in [0, 0.1) is 5.82 Å². The van der Waals surface area contributed by atoms with Crippen molar-refractivity contribution in [3.63, 3.8) is 0 Å². The number of hydrogen-bond donors (Lipinski definition) is 2. The molecule has 29 heavy (non-hydrogen) atoms. The molecule has 0 spiro atoms. The molecule has 0 bridgehead atoms. The SMILES string of the molecule is CN=C(NCc1cccc(F)c1)NC1CCN(c2cc(OC)cc(OC)c2)C1.I. The molecule has 0 aromatic heterocycles. The van der Waals surface area contributed by atoms with Crippen LogP contribution in [0.2, 0.25) is 0 Å². The zero-order valence-corrected chi connectivity index (χ0v) is 19.3. The molecule has 0 saturated carbocycles. The van der Waals surface area contributed by atoms with Crippen molar-refractivity contribution < 1.29 is 13.9 Å². The number of halogens is 2. The lowest BCUT2D eigenvalue weighted by Gasteiger charge is -2.21. The monoisotopic (exact) mass is 514 g/mol. The van der Waals surface area contributed by atoms with Gasteiger partial charge in [0.15, 0.2) is 5.96 Å². The van der Waals surface area contributed by atoms with Gasteiger partial charge in [-0.3, -0.25) is 4.99 Å². The highest BCUT2D eigenvalue weighted by Crippen LogP contribution is 2.30. The molecule has 1 aliphatic rings. The molecule has 8 heteroatoms. The van der Waals surface area contributed by atoms with Crippen molar-refractivity contribution in [2.45, 2.75) is 19.0 Å². The summed E-state index contributed by atoms with van der Waals surface area (Å²) in [6.45, 7) is 2.28. The molecule has 2 aromatic rings. The number of rotatable bonds is 6. The number of aliphatic imine (C=N–C) groups is 1. The van der Waals surface area contributed by atoms with Crippen LogP contribution in [0.1, 0.15) is 12.0 Å². The summed E-state index contributed by atoms with van der Waals surface area (Å²) < 4.78 is 24.1. The minimum atomic E-state index is -0.234. The molecule has 0 amide bonds. The Labute approximate surface area is 188 Å². The Hall–Kier alpha value is -2.23. The highest BCUT2D eigenvalue weighted by Gasteiger charge is 2.24. The summed E-state index contributed by atoms with van der Waals surface area (Å²) in [7, 11) is 5.04. The van der Waals surface area contributed by atoms with E-state index in [4.69, 9.17) is 9.47 Å². The number of nitrogens with zero attached hydrogens (tertiary/aromatic N) is 2. The Morgan fingerprint density at radius 3 is 2.52 bits per heavy atom. The van der Waals surface area contributed by atoms with Crippen LogP contribution < -0.4 is 25.0 Å². The van der Waals surface area contributed by atoms with E-state index in [2.05, 4.69) is 20.5 Å². The lowest BCUT2D eigenvalue weighted by molar-refractivity contribution is 0.394. The van der Waals surface area contributed by atoms with E-state index in [1.807, 2.05) is 24.3 Å². The Balaban J connectivity index is 0.00000300. The van der Waals surface area contributed by atoms with Crippen LogP contribution in [0.3, 0.4) is 0 Å². The van der Waals surface area contributed by atoms with Gasteiger partial charge >= 0.3 is 0 Å². The number of anilines is 1. The molecule has 1 heterocycles. The first kappa shape index (κ1) is 23.1.